The number of hydrogen-bond donors (Lipinski definition) is 1. The average molecular weight is 332 g/mol. The SMILES string of the molecule is CC(O)CN(Cc1csc(C2CCCCC2)n1)S(C)(=O)=O. The predicted octanol–water partition coefficient (Wildman–Crippen LogP) is 2.33. The van der Waals surface area contributed by atoms with Crippen LogP contribution in [0.4, 0.5) is 0 Å². The first-order chi connectivity index (χ1) is 9.86. The molecule has 1 aromatic heterocycles. The molecule has 1 heterocycles. The van der Waals surface area contributed by atoms with Crippen LogP contribution in [-0.2, 0) is 16.6 Å². The highest BCUT2D eigenvalue weighted by Crippen LogP contribution is 2.34. The van der Waals surface area contributed by atoms with E-state index in [9.17, 15) is 13.5 Å². The van der Waals surface area contributed by atoms with Crippen molar-refractivity contribution in [1.29, 1.82) is 0 Å². The van der Waals surface area contributed by atoms with E-state index in [0.717, 1.165) is 10.7 Å². The minimum atomic E-state index is -3.34. The highest BCUT2D eigenvalue weighted by molar-refractivity contribution is 7.88. The third kappa shape index (κ3) is 5.02. The van der Waals surface area contributed by atoms with E-state index in [2.05, 4.69) is 4.98 Å². The summed E-state index contributed by atoms with van der Waals surface area (Å²) in [6, 6.07) is 0. The maximum atomic E-state index is 11.8. The van der Waals surface area contributed by atoms with Gasteiger partial charge in [-0.2, -0.15) is 4.31 Å². The van der Waals surface area contributed by atoms with E-state index < -0.39 is 16.1 Å². The molecule has 0 spiro atoms. The number of aliphatic hydroxyl groups excluding tert-OH is 1. The van der Waals surface area contributed by atoms with Crippen LogP contribution < -0.4 is 0 Å². The zero-order valence-electron chi connectivity index (χ0n) is 12.7. The Balaban J connectivity index is 2.05. The number of aromatic nitrogens is 1. The molecule has 2 rings (SSSR count). The normalized spacial score (nSPS) is 19.0. The van der Waals surface area contributed by atoms with Crippen molar-refractivity contribution in [1.82, 2.24) is 9.29 Å². The van der Waals surface area contributed by atoms with Crippen molar-refractivity contribution in [3.8, 4) is 0 Å². The summed E-state index contributed by atoms with van der Waals surface area (Å²) in [7, 11) is -3.34. The number of aliphatic hydroxyl groups is 1. The van der Waals surface area contributed by atoms with E-state index in [0.29, 0.717) is 5.92 Å². The molecule has 1 aliphatic carbocycles. The fourth-order valence-corrected chi connectivity index (χ4v) is 4.56. The molecule has 1 saturated carbocycles. The van der Waals surface area contributed by atoms with Crippen LogP contribution in [0.15, 0.2) is 5.38 Å². The number of sulfonamides is 1. The Morgan fingerprint density at radius 1 is 1.43 bits per heavy atom. The maximum absolute atomic E-state index is 11.8. The summed E-state index contributed by atoms with van der Waals surface area (Å²) in [5, 5.41) is 12.5. The van der Waals surface area contributed by atoms with Crippen molar-refractivity contribution in [3.63, 3.8) is 0 Å². The minimum absolute atomic E-state index is 0.106. The van der Waals surface area contributed by atoms with Gasteiger partial charge in [0, 0.05) is 17.8 Å². The predicted molar refractivity (Wildman–Crippen MR) is 84.9 cm³/mol. The number of hydrogen-bond acceptors (Lipinski definition) is 5. The van der Waals surface area contributed by atoms with Crippen molar-refractivity contribution in [2.45, 2.75) is 57.6 Å². The van der Waals surface area contributed by atoms with Crippen molar-refractivity contribution < 1.29 is 13.5 Å². The molecule has 1 aromatic rings. The van der Waals surface area contributed by atoms with Gasteiger partial charge in [0.2, 0.25) is 10.0 Å². The van der Waals surface area contributed by atoms with Gasteiger partial charge in [-0.15, -0.1) is 11.3 Å². The first kappa shape index (κ1) is 16.9. The van der Waals surface area contributed by atoms with Crippen molar-refractivity contribution >= 4 is 21.4 Å². The quantitative estimate of drug-likeness (QED) is 0.868. The first-order valence-corrected chi connectivity index (χ1v) is 10.2. The Hall–Kier alpha value is -0.500. The molecular weight excluding hydrogens is 308 g/mol. The molecule has 1 aliphatic rings. The maximum Gasteiger partial charge on any atom is 0.211 e. The average Bonchev–Trinajstić information content (AvgIpc) is 2.86. The van der Waals surface area contributed by atoms with E-state index in [4.69, 9.17) is 0 Å². The third-order valence-electron chi connectivity index (χ3n) is 3.80. The number of nitrogens with zero attached hydrogens (tertiary/aromatic N) is 2. The molecular formula is C14H24N2O3S2. The minimum Gasteiger partial charge on any atom is -0.392 e. The van der Waals surface area contributed by atoms with Crippen LogP contribution in [0.25, 0.3) is 0 Å². The molecule has 0 amide bonds. The molecule has 21 heavy (non-hydrogen) atoms. The van der Waals surface area contributed by atoms with Gasteiger partial charge in [0.05, 0.1) is 29.6 Å². The summed E-state index contributed by atoms with van der Waals surface area (Å²) in [6.07, 6.45) is 6.70. The second-order valence-electron chi connectivity index (χ2n) is 5.92. The molecule has 1 fully saturated rings. The van der Waals surface area contributed by atoms with Gasteiger partial charge in [-0.3, -0.25) is 0 Å². The zero-order valence-corrected chi connectivity index (χ0v) is 14.3. The highest BCUT2D eigenvalue weighted by Gasteiger charge is 2.22. The lowest BCUT2D eigenvalue weighted by atomic mass is 9.90. The first-order valence-electron chi connectivity index (χ1n) is 7.43. The summed E-state index contributed by atoms with van der Waals surface area (Å²) in [4.78, 5) is 4.63. The Bertz CT molecular complexity index is 548. The zero-order chi connectivity index (χ0) is 15.5. The van der Waals surface area contributed by atoms with Crippen LogP contribution in [0.3, 0.4) is 0 Å². The number of rotatable bonds is 6. The van der Waals surface area contributed by atoms with Gasteiger partial charge >= 0.3 is 0 Å². The lowest BCUT2D eigenvalue weighted by molar-refractivity contribution is 0.161. The van der Waals surface area contributed by atoms with Gasteiger partial charge in [0.1, 0.15) is 0 Å². The van der Waals surface area contributed by atoms with E-state index in [1.54, 1.807) is 18.3 Å². The second-order valence-corrected chi connectivity index (χ2v) is 8.79. The standard InChI is InChI=1S/C14H24N2O3S2/c1-11(17)8-16(21(2,18)19)9-13-10-20-14(15-13)12-6-4-3-5-7-12/h10-12,17H,3-9H2,1-2H3. The second kappa shape index (κ2) is 7.17. The Morgan fingerprint density at radius 2 is 2.10 bits per heavy atom. The van der Waals surface area contributed by atoms with Crippen molar-refractivity contribution in [2.75, 3.05) is 12.8 Å². The van der Waals surface area contributed by atoms with Gasteiger partial charge < -0.3 is 5.11 Å². The van der Waals surface area contributed by atoms with E-state index >= 15 is 0 Å². The molecule has 0 radical (unpaired) electrons. The smallest absolute Gasteiger partial charge is 0.211 e. The molecule has 1 N–H and O–H groups in total. The van der Waals surface area contributed by atoms with Crippen LogP contribution in [0.2, 0.25) is 0 Å². The van der Waals surface area contributed by atoms with Gasteiger partial charge in [-0.1, -0.05) is 19.3 Å². The van der Waals surface area contributed by atoms with Crippen LogP contribution in [0, 0.1) is 0 Å². The Labute approximate surface area is 131 Å². The van der Waals surface area contributed by atoms with Gasteiger partial charge in [-0.25, -0.2) is 13.4 Å². The molecule has 7 heteroatoms. The third-order valence-corrected chi connectivity index (χ3v) is 6.07. The molecule has 1 atom stereocenters. The molecule has 120 valence electrons. The van der Waals surface area contributed by atoms with Crippen molar-refractivity contribution in [2.24, 2.45) is 0 Å². The Kier molecular flexibility index (Phi) is 5.76. The monoisotopic (exact) mass is 332 g/mol. The van der Waals surface area contributed by atoms with Gasteiger partial charge in [0.15, 0.2) is 0 Å². The largest absolute Gasteiger partial charge is 0.392 e. The van der Waals surface area contributed by atoms with Crippen LogP contribution in [-0.4, -0.2) is 41.7 Å². The van der Waals surface area contributed by atoms with Crippen LogP contribution in [0.1, 0.15) is 55.6 Å². The Morgan fingerprint density at radius 3 is 2.67 bits per heavy atom. The fourth-order valence-electron chi connectivity index (χ4n) is 2.72. The summed E-state index contributed by atoms with van der Waals surface area (Å²) >= 11 is 1.63. The van der Waals surface area contributed by atoms with Gasteiger partial charge in [0.25, 0.3) is 0 Å². The molecule has 0 saturated heterocycles. The van der Waals surface area contributed by atoms with Crippen LogP contribution in [0.5, 0.6) is 0 Å². The summed E-state index contributed by atoms with van der Waals surface area (Å²) in [5.74, 6) is 0.543. The molecule has 0 aliphatic heterocycles. The lowest BCUT2D eigenvalue weighted by Gasteiger charge is -2.21. The topological polar surface area (TPSA) is 70.5 Å². The molecule has 0 aromatic carbocycles. The van der Waals surface area contributed by atoms with Crippen LogP contribution >= 0.6 is 11.3 Å². The fraction of sp³-hybridized carbons (Fsp3) is 0.786. The van der Waals surface area contributed by atoms with Gasteiger partial charge in [-0.05, 0) is 19.8 Å². The molecule has 5 nitrogen and oxygen atoms in total. The highest BCUT2D eigenvalue weighted by atomic mass is 32.2. The lowest BCUT2D eigenvalue weighted by Crippen LogP contribution is -2.35. The molecule has 0 bridgehead atoms. The van der Waals surface area contributed by atoms with E-state index in [-0.39, 0.29) is 13.1 Å². The van der Waals surface area contributed by atoms with E-state index in [1.807, 2.05) is 5.38 Å². The summed E-state index contributed by atoms with van der Waals surface area (Å²) < 4.78 is 24.8. The summed E-state index contributed by atoms with van der Waals surface area (Å²) in [6.45, 7) is 1.94. The summed E-state index contributed by atoms with van der Waals surface area (Å²) in [5.41, 5.74) is 0.784. The van der Waals surface area contributed by atoms with Crippen molar-refractivity contribution in [3.05, 3.63) is 16.1 Å². The molecule has 1 unspecified atom stereocenters. The van der Waals surface area contributed by atoms with E-state index in [1.165, 1.54) is 42.7 Å². The number of thiazole rings is 1.